The van der Waals surface area contributed by atoms with Crippen molar-refractivity contribution in [2.45, 2.75) is 19.4 Å². The number of rotatable bonds is 2. The maximum Gasteiger partial charge on any atom is 0.228 e. The largest absolute Gasteiger partial charge is 0.348 e. The van der Waals surface area contributed by atoms with E-state index in [1.807, 2.05) is 0 Å². The number of nitrogens with two attached hydrogens (primary N) is 1. The van der Waals surface area contributed by atoms with Gasteiger partial charge in [0.15, 0.2) is 0 Å². The third-order valence-corrected chi connectivity index (χ3v) is 2.96. The molecule has 0 radical (unpaired) electrons. The van der Waals surface area contributed by atoms with E-state index in [4.69, 9.17) is 5.73 Å². The highest BCUT2D eigenvalue weighted by atomic mass is 16.2. The first-order valence-corrected chi connectivity index (χ1v) is 5.25. The summed E-state index contributed by atoms with van der Waals surface area (Å²) in [4.78, 5) is 15.7. The Bertz CT molecular complexity index is 206. The molecule has 1 aliphatic rings. The van der Waals surface area contributed by atoms with Crippen LogP contribution in [0.2, 0.25) is 0 Å². The summed E-state index contributed by atoms with van der Waals surface area (Å²) in [6.45, 7) is 4.96. The lowest BCUT2D eigenvalue weighted by molar-refractivity contribution is -0.135. The van der Waals surface area contributed by atoms with Crippen molar-refractivity contribution in [3.05, 3.63) is 0 Å². The highest BCUT2D eigenvalue weighted by molar-refractivity contribution is 5.79. The van der Waals surface area contributed by atoms with Crippen LogP contribution in [0.15, 0.2) is 0 Å². The Balaban J connectivity index is 2.60. The number of nitrogens with zero attached hydrogens (tertiary/aromatic N) is 2. The zero-order valence-electron chi connectivity index (χ0n) is 9.36. The van der Waals surface area contributed by atoms with Gasteiger partial charge in [-0.15, -0.1) is 0 Å². The van der Waals surface area contributed by atoms with E-state index in [0.717, 1.165) is 26.1 Å². The third kappa shape index (κ3) is 2.45. The van der Waals surface area contributed by atoms with Crippen LogP contribution in [-0.4, -0.2) is 55.5 Å². The minimum Gasteiger partial charge on any atom is -0.348 e. The Morgan fingerprint density at radius 3 is 2.71 bits per heavy atom. The van der Waals surface area contributed by atoms with Crippen LogP contribution >= 0.6 is 0 Å². The van der Waals surface area contributed by atoms with Crippen molar-refractivity contribution in [2.75, 3.05) is 33.7 Å². The van der Waals surface area contributed by atoms with Crippen LogP contribution < -0.4 is 5.73 Å². The van der Waals surface area contributed by atoms with E-state index in [9.17, 15) is 4.79 Å². The lowest BCUT2D eigenvalue weighted by Gasteiger charge is -2.36. The van der Waals surface area contributed by atoms with Crippen LogP contribution in [-0.2, 0) is 4.79 Å². The summed E-state index contributed by atoms with van der Waals surface area (Å²) in [6.07, 6.45) is 0.929. The Kier molecular flexibility index (Phi) is 3.89. The zero-order chi connectivity index (χ0) is 10.7. The molecular weight excluding hydrogens is 178 g/mol. The number of carbonyl (C=O) groups is 1. The quantitative estimate of drug-likeness (QED) is 0.667. The fourth-order valence-corrected chi connectivity index (χ4v) is 1.92. The van der Waals surface area contributed by atoms with Crippen LogP contribution in [0.25, 0.3) is 0 Å². The molecule has 1 amide bonds. The van der Waals surface area contributed by atoms with Crippen LogP contribution in [0.3, 0.4) is 0 Å². The van der Waals surface area contributed by atoms with Crippen molar-refractivity contribution in [3.63, 3.8) is 0 Å². The van der Waals surface area contributed by atoms with E-state index in [-0.39, 0.29) is 17.9 Å². The maximum absolute atomic E-state index is 11.8. The minimum atomic E-state index is -0.0151. The van der Waals surface area contributed by atoms with Gasteiger partial charge in [0.2, 0.25) is 5.91 Å². The second-order valence-electron chi connectivity index (χ2n) is 4.18. The van der Waals surface area contributed by atoms with Crippen LogP contribution in [0.5, 0.6) is 0 Å². The first kappa shape index (κ1) is 11.5. The smallest absolute Gasteiger partial charge is 0.228 e. The third-order valence-electron chi connectivity index (χ3n) is 2.96. The lowest BCUT2D eigenvalue weighted by Crippen LogP contribution is -2.52. The van der Waals surface area contributed by atoms with Gasteiger partial charge < -0.3 is 15.5 Å². The molecule has 0 unspecified atom stereocenters. The number of amides is 1. The van der Waals surface area contributed by atoms with Crippen molar-refractivity contribution < 1.29 is 4.79 Å². The van der Waals surface area contributed by atoms with Crippen molar-refractivity contribution in [1.82, 2.24) is 9.80 Å². The fourth-order valence-electron chi connectivity index (χ4n) is 1.92. The second-order valence-corrected chi connectivity index (χ2v) is 4.18. The summed E-state index contributed by atoms with van der Waals surface area (Å²) < 4.78 is 0. The summed E-state index contributed by atoms with van der Waals surface area (Å²) in [6, 6.07) is 0.0349. The van der Waals surface area contributed by atoms with Crippen molar-refractivity contribution in [3.8, 4) is 0 Å². The van der Waals surface area contributed by atoms with Gasteiger partial charge in [-0.3, -0.25) is 4.79 Å². The predicted molar refractivity (Wildman–Crippen MR) is 56.9 cm³/mol. The van der Waals surface area contributed by atoms with E-state index in [1.54, 1.807) is 19.0 Å². The van der Waals surface area contributed by atoms with E-state index in [0.29, 0.717) is 0 Å². The van der Waals surface area contributed by atoms with Gasteiger partial charge >= 0.3 is 0 Å². The van der Waals surface area contributed by atoms with Gasteiger partial charge in [-0.1, -0.05) is 6.92 Å². The van der Waals surface area contributed by atoms with Gasteiger partial charge in [-0.05, 0) is 19.5 Å². The number of carbonyl (C=O) groups excluding carboxylic acids is 1. The Hall–Kier alpha value is -0.610. The van der Waals surface area contributed by atoms with Crippen LogP contribution in [0, 0.1) is 5.92 Å². The van der Waals surface area contributed by atoms with Crippen LogP contribution in [0.1, 0.15) is 13.3 Å². The fraction of sp³-hybridized carbons (Fsp3) is 0.900. The molecule has 0 spiro atoms. The molecule has 0 aromatic heterocycles. The molecule has 14 heavy (non-hydrogen) atoms. The average Bonchev–Trinajstić information content (AvgIpc) is 2.17. The molecule has 1 aliphatic heterocycles. The molecule has 1 fully saturated rings. The average molecular weight is 199 g/mol. The van der Waals surface area contributed by atoms with Crippen molar-refractivity contribution in [1.29, 1.82) is 0 Å². The molecule has 1 saturated heterocycles. The Morgan fingerprint density at radius 2 is 2.21 bits per heavy atom. The minimum absolute atomic E-state index is 0.0151. The molecule has 0 bridgehead atoms. The molecule has 4 heteroatoms. The summed E-state index contributed by atoms with van der Waals surface area (Å²) in [7, 11) is 3.58. The molecule has 0 saturated carbocycles. The van der Waals surface area contributed by atoms with E-state index in [1.165, 1.54) is 0 Å². The van der Waals surface area contributed by atoms with Crippen LogP contribution in [0.4, 0.5) is 0 Å². The molecule has 0 aliphatic carbocycles. The van der Waals surface area contributed by atoms with Gasteiger partial charge in [-0.25, -0.2) is 0 Å². The molecule has 82 valence electrons. The standard InChI is InChI=1S/C10H21N3O/c1-4-13-6-5-9(11)8(7-13)10(14)12(2)3/h8-9H,4-7,11H2,1-3H3/t8-,9-/m1/s1. The Labute approximate surface area is 86.0 Å². The normalized spacial score (nSPS) is 28.9. The molecule has 2 atom stereocenters. The second kappa shape index (κ2) is 4.75. The molecule has 2 N–H and O–H groups in total. The summed E-state index contributed by atoms with van der Waals surface area (Å²) in [5.41, 5.74) is 5.96. The van der Waals surface area contributed by atoms with Gasteiger partial charge in [0.1, 0.15) is 0 Å². The van der Waals surface area contributed by atoms with E-state index >= 15 is 0 Å². The molecular formula is C10H21N3O. The molecule has 0 aromatic rings. The van der Waals surface area contributed by atoms with Crippen molar-refractivity contribution >= 4 is 5.91 Å². The Morgan fingerprint density at radius 1 is 1.57 bits per heavy atom. The number of hydrogen-bond donors (Lipinski definition) is 1. The maximum atomic E-state index is 11.8. The highest BCUT2D eigenvalue weighted by Gasteiger charge is 2.32. The number of hydrogen-bond acceptors (Lipinski definition) is 3. The topological polar surface area (TPSA) is 49.6 Å². The van der Waals surface area contributed by atoms with Crippen molar-refractivity contribution in [2.24, 2.45) is 11.7 Å². The SMILES string of the molecule is CCN1CC[C@@H](N)[C@H](C(=O)N(C)C)C1. The number of likely N-dealkylation sites (tertiary alicyclic amines) is 1. The summed E-state index contributed by atoms with van der Waals surface area (Å²) in [5.74, 6) is 0.148. The lowest BCUT2D eigenvalue weighted by atomic mass is 9.92. The molecule has 1 heterocycles. The van der Waals surface area contributed by atoms with E-state index in [2.05, 4.69) is 11.8 Å². The van der Waals surface area contributed by atoms with Gasteiger partial charge in [0, 0.05) is 26.7 Å². The monoisotopic (exact) mass is 199 g/mol. The molecule has 0 aromatic carbocycles. The molecule has 1 rings (SSSR count). The first-order chi connectivity index (χ1) is 6.56. The predicted octanol–water partition coefficient (Wildman–Crippen LogP) is -0.256. The van der Waals surface area contributed by atoms with Gasteiger partial charge in [0.25, 0.3) is 0 Å². The highest BCUT2D eigenvalue weighted by Crippen LogP contribution is 2.16. The molecule has 4 nitrogen and oxygen atoms in total. The summed E-state index contributed by atoms with van der Waals surface area (Å²) in [5, 5.41) is 0. The summed E-state index contributed by atoms with van der Waals surface area (Å²) >= 11 is 0. The van der Waals surface area contributed by atoms with E-state index < -0.39 is 0 Å². The van der Waals surface area contributed by atoms with Gasteiger partial charge in [-0.2, -0.15) is 0 Å². The first-order valence-electron chi connectivity index (χ1n) is 5.25. The number of piperidine rings is 1. The zero-order valence-corrected chi connectivity index (χ0v) is 9.36. The van der Waals surface area contributed by atoms with Gasteiger partial charge in [0.05, 0.1) is 5.92 Å².